The predicted octanol–water partition coefficient (Wildman–Crippen LogP) is 2.57. The first kappa shape index (κ1) is 15.7. The van der Waals surface area contributed by atoms with E-state index >= 15 is 0 Å². The van der Waals surface area contributed by atoms with Gasteiger partial charge in [-0.15, -0.1) is 0 Å². The molecule has 0 bridgehead atoms. The number of benzene rings is 1. The van der Waals surface area contributed by atoms with Crippen LogP contribution in [0.5, 0.6) is 0 Å². The number of aliphatic hydroxyl groups is 1. The van der Waals surface area contributed by atoms with Crippen LogP contribution in [0.2, 0.25) is 10.0 Å². The monoisotopic (exact) mass is 290 g/mol. The SMILES string of the molecule is CC(CNCC(O)c1cc(Cl)ccc1Cl)N(C)C. The Balaban J connectivity index is 2.50. The van der Waals surface area contributed by atoms with E-state index in [0.717, 1.165) is 6.54 Å². The molecule has 2 N–H and O–H groups in total. The Bertz CT molecular complexity index is 385. The average molecular weight is 291 g/mol. The van der Waals surface area contributed by atoms with Gasteiger partial charge in [0.05, 0.1) is 6.10 Å². The molecule has 0 amide bonds. The molecule has 1 aromatic carbocycles. The first-order chi connectivity index (χ1) is 8.41. The smallest absolute Gasteiger partial charge is 0.0929 e. The first-order valence-corrected chi connectivity index (χ1v) is 6.67. The Morgan fingerprint density at radius 2 is 1.94 bits per heavy atom. The van der Waals surface area contributed by atoms with Crippen molar-refractivity contribution in [3.8, 4) is 0 Å². The molecule has 1 rings (SSSR count). The predicted molar refractivity (Wildman–Crippen MR) is 77.4 cm³/mol. The van der Waals surface area contributed by atoms with Gasteiger partial charge < -0.3 is 15.3 Å². The van der Waals surface area contributed by atoms with Crippen LogP contribution in [0.1, 0.15) is 18.6 Å². The van der Waals surface area contributed by atoms with Crippen LogP contribution in [0.3, 0.4) is 0 Å². The average Bonchev–Trinajstić information content (AvgIpc) is 2.31. The number of aliphatic hydroxyl groups excluding tert-OH is 1. The van der Waals surface area contributed by atoms with Gasteiger partial charge in [-0.05, 0) is 39.2 Å². The highest BCUT2D eigenvalue weighted by molar-refractivity contribution is 6.33. The van der Waals surface area contributed by atoms with Crippen LogP contribution in [0.4, 0.5) is 0 Å². The summed E-state index contributed by atoms with van der Waals surface area (Å²) in [6.45, 7) is 3.38. The number of nitrogens with one attached hydrogen (secondary N) is 1. The van der Waals surface area contributed by atoms with E-state index in [1.54, 1.807) is 18.2 Å². The molecule has 5 heteroatoms. The van der Waals surface area contributed by atoms with Crippen molar-refractivity contribution >= 4 is 23.2 Å². The van der Waals surface area contributed by atoms with Crippen LogP contribution in [0.25, 0.3) is 0 Å². The molecule has 0 aromatic heterocycles. The Hall–Kier alpha value is -0.320. The maximum absolute atomic E-state index is 10.1. The van der Waals surface area contributed by atoms with Gasteiger partial charge in [-0.3, -0.25) is 0 Å². The number of rotatable bonds is 6. The topological polar surface area (TPSA) is 35.5 Å². The molecular formula is C13H20Cl2N2O. The number of nitrogens with zero attached hydrogens (tertiary/aromatic N) is 1. The maximum atomic E-state index is 10.1. The molecule has 0 saturated carbocycles. The fourth-order valence-electron chi connectivity index (χ4n) is 1.49. The first-order valence-electron chi connectivity index (χ1n) is 5.92. The van der Waals surface area contributed by atoms with E-state index in [2.05, 4.69) is 17.1 Å². The van der Waals surface area contributed by atoms with Crippen molar-refractivity contribution in [2.24, 2.45) is 0 Å². The number of hydrogen-bond acceptors (Lipinski definition) is 3. The van der Waals surface area contributed by atoms with Crippen molar-refractivity contribution in [3.05, 3.63) is 33.8 Å². The molecule has 0 fully saturated rings. The third-order valence-corrected chi connectivity index (χ3v) is 3.56. The minimum atomic E-state index is -0.648. The zero-order chi connectivity index (χ0) is 13.7. The molecular weight excluding hydrogens is 271 g/mol. The lowest BCUT2D eigenvalue weighted by Gasteiger charge is -2.21. The van der Waals surface area contributed by atoms with E-state index in [9.17, 15) is 5.11 Å². The molecule has 2 atom stereocenters. The maximum Gasteiger partial charge on any atom is 0.0929 e. The van der Waals surface area contributed by atoms with Crippen molar-refractivity contribution < 1.29 is 5.11 Å². The van der Waals surface area contributed by atoms with Crippen LogP contribution in [0.15, 0.2) is 18.2 Å². The highest BCUT2D eigenvalue weighted by atomic mass is 35.5. The van der Waals surface area contributed by atoms with Crippen LogP contribution < -0.4 is 5.32 Å². The van der Waals surface area contributed by atoms with Gasteiger partial charge in [-0.25, -0.2) is 0 Å². The van der Waals surface area contributed by atoms with E-state index in [0.29, 0.717) is 28.2 Å². The van der Waals surface area contributed by atoms with Gasteiger partial charge >= 0.3 is 0 Å². The van der Waals surface area contributed by atoms with Crippen LogP contribution in [0, 0.1) is 0 Å². The summed E-state index contributed by atoms with van der Waals surface area (Å²) in [5.41, 5.74) is 0.661. The third kappa shape index (κ3) is 4.75. The Morgan fingerprint density at radius 3 is 2.56 bits per heavy atom. The number of halogens is 2. The minimum Gasteiger partial charge on any atom is -0.387 e. The minimum absolute atomic E-state index is 0.409. The van der Waals surface area contributed by atoms with Crippen molar-refractivity contribution in [2.75, 3.05) is 27.2 Å². The summed E-state index contributed by atoms with van der Waals surface area (Å²) < 4.78 is 0. The van der Waals surface area contributed by atoms with E-state index in [4.69, 9.17) is 23.2 Å². The summed E-state index contributed by atoms with van der Waals surface area (Å²) in [4.78, 5) is 2.12. The molecule has 3 nitrogen and oxygen atoms in total. The summed E-state index contributed by atoms with van der Waals surface area (Å²) in [5.74, 6) is 0. The van der Waals surface area contributed by atoms with Crippen LogP contribution >= 0.6 is 23.2 Å². The molecule has 102 valence electrons. The largest absolute Gasteiger partial charge is 0.387 e. The van der Waals surface area contributed by atoms with Crippen molar-refractivity contribution in [1.29, 1.82) is 0 Å². The highest BCUT2D eigenvalue weighted by Gasteiger charge is 2.12. The fourth-order valence-corrected chi connectivity index (χ4v) is 1.92. The zero-order valence-electron chi connectivity index (χ0n) is 11.0. The van der Waals surface area contributed by atoms with Crippen molar-refractivity contribution in [3.63, 3.8) is 0 Å². The quantitative estimate of drug-likeness (QED) is 0.845. The lowest BCUT2D eigenvalue weighted by atomic mass is 10.1. The molecule has 0 aliphatic heterocycles. The van der Waals surface area contributed by atoms with E-state index in [1.807, 2.05) is 14.1 Å². The summed E-state index contributed by atoms with van der Waals surface area (Å²) in [6.07, 6.45) is -0.648. The molecule has 0 aliphatic carbocycles. The molecule has 0 heterocycles. The van der Waals surface area contributed by atoms with Gasteiger partial charge in [0, 0.05) is 34.7 Å². The van der Waals surface area contributed by atoms with Gasteiger partial charge in [-0.1, -0.05) is 23.2 Å². The summed E-state index contributed by atoms with van der Waals surface area (Å²) in [6, 6.07) is 5.52. The van der Waals surface area contributed by atoms with Crippen LogP contribution in [-0.2, 0) is 0 Å². The molecule has 2 unspecified atom stereocenters. The second-order valence-electron chi connectivity index (χ2n) is 4.65. The number of likely N-dealkylation sites (N-methyl/N-ethyl adjacent to an activating group) is 1. The molecule has 1 aromatic rings. The van der Waals surface area contributed by atoms with Gasteiger partial charge in [-0.2, -0.15) is 0 Å². The normalized spacial score (nSPS) is 14.8. The fraction of sp³-hybridized carbons (Fsp3) is 0.538. The van der Waals surface area contributed by atoms with Crippen LogP contribution in [-0.4, -0.2) is 43.2 Å². The second-order valence-corrected chi connectivity index (χ2v) is 5.50. The molecule has 0 aliphatic rings. The second kappa shape index (κ2) is 7.31. The van der Waals surface area contributed by atoms with Crippen molar-refractivity contribution in [2.45, 2.75) is 19.1 Å². The molecule has 0 saturated heterocycles. The van der Waals surface area contributed by atoms with Crippen molar-refractivity contribution in [1.82, 2.24) is 10.2 Å². The third-order valence-electron chi connectivity index (χ3n) is 2.98. The van der Waals surface area contributed by atoms with Gasteiger partial charge in [0.2, 0.25) is 0 Å². The summed E-state index contributed by atoms with van der Waals surface area (Å²) in [7, 11) is 4.05. The molecule has 0 radical (unpaired) electrons. The Labute approximate surface area is 119 Å². The van der Waals surface area contributed by atoms with Gasteiger partial charge in [0.15, 0.2) is 0 Å². The lowest BCUT2D eigenvalue weighted by molar-refractivity contribution is 0.170. The van der Waals surface area contributed by atoms with E-state index in [1.165, 1.54) is 0 Å². The Kier molecular flexibility index (Phi) is 6.39. The number of hydrogen-bond donors (Lipinski definition) is 2. The lowest BCUT2D eigenvalue weighted by Crippen LogP contribution is -2.37. The molecule has 18 heavy (non-hydrogen) atoms. The van der Waals surface area contributed by atoms with Gasteiger partial charge in [0.25, 0.3) is 0 Å². The zero-order valence-corrected chi connectivity index (χ0v) is 12.5. The highest BCUT2D eigenvalue weighted by Crippen LogP contribution is 2.25. The standard InChI is InChI=1S/C13H20Cl2N2O/c1-9(17(2)3)7-16-8-13(18)11-6-10(14)4-5-12(11)15/h4-6,9,13,16,18H,7-8H2,1-3H3. The molecule has 0 spiro atoms. The summed E-state index contributed by atoms with van der Waals surface area (Å²) >= 11 is 11.9. The van der Waals surface area contributed by atoms with E-state index in [-0.39, 0.29) is 0 Å². The Morgan fingerprint density at radius 1 is 1.28 bits per heavy atom. The van der Waals surface area contributed by atoms with E-state index < -0.39 is 6.10 Å². The van der Waals surface area contributed by atoms with Gasteiger partial charge in [0.1, 0.15) is 0 Å². The summed E-state index contributed by atoms with van der Waals surface area (Å²) in [5, 5.41) is 14.4.